The van der Waals surface area contributed by atoms with Crippen LogP contribution in [0, 0.1) is 0 Å². The zero-order chi connectivity index (χ0) is 10.8. The molecule has 0 atom stereocenters. The van der Waals surface area contributed by atoms with Gasteiger partial charge >= 0.3 is 5.97 Å². The number of ether oxygens (including phenoxy) is 1. The molecule has 0 N–H and O–H groups in total. The predicted molar refractivity (Wildman–Crippen MR) is 54.8 cm³/mol. The zero-order valence-corrected chi connectivity index (χ0v) is 9.08. The molecule has 0 fully saturated rings. The van der Waals surface area contributed by atoms with Gasteiger partial charge < -0.3 is 9.15 Å². The molecule has 0 aliphatic rings. The SMILES string of the molecule is CC.CCCC(=O)OCc1ccco1. The molecule has 0 amide bonds. The molecule has 3 nitrogen and oxygen atoms in total. The summed E-state index contributed by atoms with van der Waals surface area (Å²) in [5.74, 6) is 0.508. The Morgan fingerprint density at radius 3 is 2.71 bits per heavy atom. The third kappa shape index (κ3) is 5.41. The van der Waals surface area contributed by atoms with Crippen molar-refractivity contribution in [2.75, 3.05) is 0 Å². The second-order valence-corrected chi connectivity index (χ2v) is 2.49. The minimum absolute atomic E-state index is 0.172. The molecule has 1 aromatic rings. The first-order valence-corrected chi connectivity index (χ1v) is 5.01. The lowest BCUT2D eigenvalue weighted by atomic mass is 10.3. The van der Waals surface area contributed by atoms with Gasteiger partial charge in [-0.1, -0.05) is 20.8 Å². The van der Waals surface area contributed by atoms with Crippen LogP contribution >= 0.6 is 0 Å². The molecule has 80 valence electrons. The van der Waals surface area contributed by atoms with E-state index in [1.165, 1.54) is 0 Å². The molecule has 0 bridgehead atoms. The van der Waals surface area contributed by atoms with Gasteiger partial charge in [0.15, 0.2) is 0 Å². The van der Waals surface area contributed by atoms with E-state index in [4.69, 9.17) is 9.15 Å². The Labute approximate surface area is 85.1 Å². The van der Waals surface area contributed by atoms with Gasteiger partial charge in [0, 0.05) is 6.42 Å². The average Bonchev–Trinajstić information content (AvgIpc) is 2.71. The largest absolute Gasteiger partial charge is 0.466 e. The summed E-state index contributed by atoms with van der Waals surface area (Å²) in [7, 11) is 0. The summed E-state index contributed by atoms with van der Waals surface area (Å²) in [6, 6.07) is 3.54. The fraction of sp³-hybridized carbons (Fsp3) is 0.545. The van der Waals surface area contributed by atoms with Crippen molar-refractivity contribution in [2.45, 2.75) is 40.2 Å². The Bertz CT molecular complexity index is 227. The van der Waals surface area contributed by atoms with Gasteiger partial charge in [-0.05, 0) is 18.6 Å². The van der Waals surface area contributed by atoms with Crippen molar-refractivity contribution in [3.05, 3.63) is 24.2 Å². The summed E-state index contributed by atoms with van der Waals surface area (Å²) in [4.78, 5) is 10.9. The van der Waals surface area contributed by atoms with E-state index in [1.54, 1.807) is 18.4 Å². The maximum atomic E-state index is 10.9. The molecule has 0 unspecified atom stereocenters. The first-order valence-electron chi connectivity index (χ1n) is 5.01. The van der Waals surface area contributed by atoms with E-state index in [2.05, 4.69) is 0 Å². The summed E-state index contributed by atoms with van der Waals surface area (Å²) in [6.07, 6.45) is 2.85. The fourth-order valence-corrected chi connectivity index (χ4v) is 0.823. The highest BCUT2D eigenvalue weighted by Gasteiger charge is 2.02. The Balaban J connectivity index is 0.000000791. The molecule has 14 heavy (non-hydrogen) atoms. The molecule has 3 heteroatoms. The molecule has 0 spiro atoms. The highest BCUT2D eigenvalue weighted by atomic mass is 16.5. The van der Waals surface area contributed by atoms with E-state index >= 15 is 0 Å². The van der Waals surface area contributed by atoms with Crippen molar-refractivity contribution in [1.82, 2.24) is 0 Å². The first kappa shape index (κ1) is 12.8. The number of carbonyl (C=O) groups excluding carboxylic acids is 1. The highest BCUT2D eigenvalue weighted by Crippen LogP contribution is 2.03. The first-order chi connectivity index (χ1) is 6.83. The molecule has 0 saturated carbocycles. The minimum atomic E-state index is -0.172. The van der Waals surface area contributed by atoms with Crippen LogP contribution in [0.5, 0.6) is 0 Å². The number of furan rings is 1. The van der Waals surface area contributed by atoms with Crippen molar-refractivity contribution in [2.24, 2.45) is 0 Å². The van der Waals surface area contributed by atoms with E-state index in [0.29, 0.717) is 12.2 Å². The fourth-order valence-electron chi connectivity index (χ4n) is 0.823. The van der Waals surface area contributed by atoms with Gasteiger partial charge in [-0.3, -0.25) is 4.79 Å². The number of esters is 1. The molecule has 1 heterocycles. The second kappa shape index (κ2) is 8.35. The van der Waals surface area contributed by atoms with Crippen LogP contribution in [0.4, 0.5) is 0 Å². The van der Waals surface area contributed by atoms with Crippen LogP contribution in [0.2, 0.25) is 0 Å². The van der Waals surface area contributed by atoms with Crippen molar-refractivity contribution in [3.63, 3.8) is 0 Å². The predicted octanol–water partition coefficient (Wildman–Crippen LogP) is 3.15. The molecule has 0 aliphatic carbocycles. The van der Waals surface area contributed by atoms with Crippen LogP contribution in [-0.4, -0.2) is 5.97 Å². The van der Waals surface area contributed by atoms with E-state index < -0.39 is 0 Å². The summed E-state index contributed by atoms with van der Waals surface area (Å²) >= 11 is 0. The maximum absolute atomic E-state index is 10.9. The third-order valence-electron chi connectivity index (χ3n) is 1.41. The Hall–Kier alpha value is -1.25. The lowest BCUT2D eigenvalue weighted by Gasteiger charge is -1.99. The monoisotopic (exact) mass is 198 g/mol. The average molecular weight is 198 g/mol. The molecule has 0 radical (unpaired) electrons. The van der Waals surface area contributed by atoms with Gasteiger partial charge in [-0.25, -0.2) is 0 Å². The lowest BCUT2D eigenvalue weighted by molar-refractivity contribution is -0.145. The van der Waals surface area contributed by atoms with Gasteiger partial charge in [0.1, 0.15) is 12.4 Å². The van der Waals surface area contributed by atoms with Gasteiger partial charge in [0.2, 0.25) is 0 Å². The molecule has 1 aromatic heterocycles. The van der Waals surface area contributed by atoms with E-state index in [-0.39, 0.29) is 12.6 Å². The molecule has 0 aliphatic heterocycles. The molecule has 1 rings (SSSR count). The van der Waals surface area contributed by atoms with Crippen LogP contribution in [-0.2, 0) is 16.1 Å². The van der Waals surface area contributed by atoms with Crippen LogP contribution in [0.25, 0.3) is 0 Å². The standard InChI is InChI=1S/C9H12O3.C2H6/c1-2-4-9(10)12-7-8-5-3-6-11-8;1-2/h3,5-6H,2,4,7H2,1H3;1-2H3. The van der Waals surface area contributed by atoms with Crippen LogP contribution in [0.15, 0.2) is 22.8 Å². The third-order valence-corrected chi connectivity index (χ3v) is 1.41. The molecule has 0 aromatic carbocycles. The second-order valence-electron chi connectivity index (χ2n) is 2.49. The number of hydrogen-bond donors (Lipinski definition) is 0. The summed E-state index contributed by atoms with van der Waals surface area (Å²) in [6.45, 7) is 6.18. The summed E-state index contributed by atoms with van der Waals surface area (Å²) in [5, 5.41) is 0. The highest BCUT2D eigenvalue weighted by molar-refractivity contribution is 5.69. The van der Waals surface area contributed by atoms with Crippen LogP contribution < -0.4 is 0 Å². The number of carbonyl (C=O) groups is 1. The summed E-state index contributed by atoms with van der Waals surface area (Å²) < 4.78 is 9.88. The topological polar surface area (TPSA) is 39.4 Å². The van der Waals surface area contributed by atoms with E-state index in [9.17, 15) is 4.79 Å². The van der Waals surface area contributed by atoms with Crippen molar-refractivity contribution in [1.29, 1.82) is 0 Å². The van der Waals surface area contributed by atoms with Crippen LogP contribution in [0.1, 0.15) is 39.4 Å². The van der Waals surface area contributed by atoms with Crippen molar-refractivity contribution >= 4 is 5.97 Å². The van der Waals surface area contributed by atoms with Gasteiger partial charge in [0.25, 0.3) is 0 Å². The Kier molecular flexibility index (Phi) is 7.61. The molecular formula is C11H18O3. The van der Waals surface area contributed by atoms with E-state index in [0.717, 1.165) is 6.42 Å². The molecule has 0 saturated heterocycles. The normalized spacial score (nSPS) is 8.79. The van der Waals surface area contributed by atoms with Crippen molar-refractivity contribution < 1.29 is 13.9 Å². The zero-order valence-electron chi connectivity index (χ0n) is 9.08. The minimum Gasteiger partial charge on any atom is -0.466 e. The Morgan fingerprint density at radius 1 is 1.50 bits per heavy atom. The summed E-state index contributed by atoms with van der Waals surface area (Å²) in [5.41, 5.74) is 0. The maximum Gasteiger partial charge on any atom is 0.306 e. The number of hydrogen-bond acceptors (Lipinski definition) is 3. The lowest BCUT2D eigenvalue weighted by Crippen LogP contribution is -2.02. The van der Waals surface area contributed by atoms with Crippen LogP contribution in [0.3, 0.4) is 0 Å². The van der Waals surface area contributed by atoms with Gasteiger partial charge in [-0.15, -0.1) is 0 Å². The van der Waals surface area contributed by atoms with Gasteiger partial charge in [0.05, 0.1) is 6.26 Å². The smallest absolute Gasteiger partial charge is 0.306 e. The molecular weight excluding hydrogens is 180 g/mol. The quantitative estimate of drug-likeness (QED) is 0.698. The van der Waals surface area contributed by atoms with E-state index in [1.807, 2.05) is 20.8 Å². The Morgan fingerprint density at radius 2 is 2.21 bits per heavy atom. The van der Waals surface area contributed by atoms with Gasteiger partial charge in [-0.2, -0.15) is 0 Å². The number of rotatable bonds is 4. The van der Waals surface area contributed by atoms with Crippen molar-refractivity contribution in [3.8, 4) is 0 Å².